The molecule has 0 rings (SSSR count). The summed E-state index contributed by atoms with van der Waals surface area (Å²) in [5.74, 6) is 0. The minimum atomic E-state index is -0.128. The molecular weight excluding hydrogens is 817 g/mol. The Kier molecular flexibility index (Phi) is 211. The molecule has 0 saturated heterocycles. The predicted octanol–water partition coefficient (Wildman–Crippen LogP) is -8.82. The van der Waals surface area contributed by atoms with Crippen molar-refractivity contribution in [2.75, 3.05) is 163 Å². The summed E-state index contributed by atoms with van der Waals surface area (Å²) < 4.78 is 35.0. The van der Waals surface area contributed by atoms with Gasteiger partial charge in [-0.2, -0.15) is 0 Å². The van der Waals surface area contributed by atoms with Gasteiger partial charge in [0.15, 0.2) is 0 Å². The molecule has 43 heavy (non-hydrogen) atoms. The van der Waals surface area contributed by atoms with Gasteiger partial charge in [-0.1, -0.05) is 0 Å². The second kappa shape index (κ2) is 119. The maximum Gasteiger partial charge on any atom is 4.00 e. The van der Waals surface area contributed by atoms with E-state index in [1.165, 1.54) is 56.9 Å². The molecular formula is C24H56BaO16SrTi. The van der Waals surface area contributed by atoms with Crippen molar-refractivity contribution in [2.24, 2.45) is 0 Å². The topological polar surface area (TPSA) is 258 Å². The molecule has 0 heterocycles. The third-order valence-electron chi connectivity index (χ3n) is 2.30. The van der Waals surface area contributed by atoms with Gasteiger partial charge in [-0.25, -0.2) is 0 Å². The van der Waals surface area contributed by atoms with Crippen molar-refractivity contribution in [1.82, 2.24) is 0 Å². The molecule has 0 aromatic heterocycles. The van der Waals surface area contributed by atoms with Crippen molar-refractivity contribution in [3.8, 4) is 0 Å². The van der Waals surface area contributed by atoms with Gasteiger partial charge < -0.3 is 78.7 Å². The van der Waals surface area contributed by atoms with Crippen LogP contribution in [-0.2, 0) is 59.6 Å². The van der Waals surface area contributed by atoms with Gasteiger partial charge in [-0.05, 0) is 0 Å². The Morgan fingerprint density at radius 1 is 0.279 bits per heavy atom. The summed E-state index contributed by atoms with van der Waals surface area (Å²) in [6, 6.07) is 0. The standard InChI is InChI=1S/8C3H7O2.Ba.Sr.Ti/c8*1-5-3-2-4;;;/h8*2-3H2,1H3;;;/q8*-1;2*+2;+4. The largest absolute Gasteiger partial charge is 4.00 e. The molecule has 0 aromatic rings. The fraction of sp³-hybridized carbons (Fsp3) is 1.00. The van der Waals surface area contributed by atoms with Crippen LogP contribution in [0.25, 0.3) is 0 Å². The van der Waals surface area contributed by atoms with Crippen LogP contribution in [0.3, 0.4) is 0 Å². The van der Waals surface area contributed by atoms with Crippen LogP contribution in [0.1, 0.15) is 0 Å². The first-order chi connectivity index (χ1) is 19.3. The van der Waals surface area contributed by atoms with E-state index < -0.39 is 0 Å². The first-order valence-electron chi connectivity index (χ1n) is 11.9. The Hall–Kier alpha value is 3.13. The molecule has 0 spiro atoms. The van der Waals surface area contributed by atoms with Crippen LogP contribution in [0.4, 0.5) is 0 Å². The van der Waals surface area contributed by atoms with Crippen LogP contribution in [0.5, 0.6) is 0 Å². The third-order valence-corrected chi connectivity index (χ3v) is 2.30. The second-order valence-electron chi connectivity index (χ2n) is 5.58. The Labute approximate surface area is 352 Å². The molecule has 256 valence electrons. The molecule has 0 saturated carbocycles. The quantitative estimate of drug-likeness (QED) is 0.131. The van der Waals surface area contributed by atoms with E-state index in [-0.39, 0.29) is 169 Å². The first kappa shape index (κ1) is 76.1. The zero-order valence-electron chi connectivity index (χ0n) is 27.8. The smallest absolute Gasteiger partial charge is 0.853 e. The molecule has 0 unspecified atom stereocenters. The van der Waals surface area contributed by atoms with Gasteiger partial charge in [-0.15, -0.1) is 52.9 Å². The average molecular weight is 874 g/mol. The average Bonchev–Trinajstić information content (AvgIpc) is 2.95. The minimum Gasteiger partial charge on any atom is -0.853 e. The number of rotatable bonds is 16. The van der Waals surface area contributed by atoms with Crippen molar-refractivity contribution >= 4 is 94.4 Å². The fourth-order valence-corrected chi connectivity index (χ4v) is 0.667. The summed E-state index contributed by atoms with van der Waals surface area (Å²) in [5, 5.41) is 75.2. The number of ether oxygens (including phenoxy) is 8. The first-order valence-corrected chi connectivity index (χ1v) is 11.9. The van der Waals surface area contributed by atoms with Gasteiger partial charge in [0.1, 0.15) is 0 Å². The van der Waals surface area contributed by atoms with E-state index in [0.29, 0.717) is 52.9 Å². The molecule has 0 amide bonds. The molecule has 0 radical (unpaired) electrons. The van der Waals surface area contributed by atoms with E-state index in [1.54, 1.807) is 0 Å². The molecule has 0 aliphatic carbocycles. The SMILES string of the molecule is COCC[O-].COCC[O-].COCC[O-].COCC[O-].COCC[O-].COCC[O-].COCC[O-].COCC[O-].[Ba+2].[Sr+2].[Ti+4]. The van der Waals surface area contributed by atoms with Crippen LogP contribution in [0.2, 0.25) is 0 Å². The van der Waals surface area contributed by atoms with Crippen LogP contribution >= 0.6 is 0 Å². The fourth-order valence-electron chi connectivity index (χ4n) is 0.667. The normalized spacial score (nSPS) is 7.81. The number of methoxy groups -OCH3 is 8. The molecule has 0 atom stereocenters. The van der Waals surface area contributed by atoms with Crippen LogP contribution in [-0.4, -0.2) is 257 Å². The molecule has 19 heteroatoms. The van der Waals surface area contributed by atoms with Crippen molar-refractivity contribution in [3.63, 3.8) is 0 Å². The van der Waals surface area contributed by atoms with Gasteiger partial charge >= 0.3 is 116 Å². The third kappa shape index (κ3) is 229. The Morgan fingerprint density at radius 3 is 0.349 bits per heavy atom. The number of hydrogen-bond acceptors (Lipinski definition) is 16. The Bertz CT molecular complexity index is 191. The van der Waals surface area contributed by atoms with E-state index in [9.17, 15) is 40.9 Å². The van der Waals surface area contributed by atoms with Crippen molar-refractivity contribution in [1.29, 1.82) is 0 Å². The summed E-state index contributed by atoms with van der Waals surface area (Å²) in [6.45, 7) is 1.64. The second-order valence-corrected chi connectivity index (χ2v) is 5.58. The van der Waals surface area contributed by atoms with E-state index in [2.05, 4.69) is 37.9 Å². The maximum absolute atomic E-state index is 9.40. The zero-order valence-corrected chi connectivity index (χ0v) is 37.2. The van der Waals surface area contributed by atoms with Crippen molar-refractivity contribution in [3.05, 3.63) is 0 Å². The molecule has 0 N–H and O–H groups in total. The minimum absolute atomic E-state index is 0. The van der Waals surface area contributed by atoms with Crippen molar-refractivity contribution < 1.29 is 100 Å². The Balaban J connectivity index is -0.0000000299. The summed E-state index contributed by atoms with van der Waals surface area (Å²) in [6.07, 6.45) is 0. The van der Waals surface area contributed by atoms with Gasteiger partial charge in [0, 0.05) is 110 Å². The van der Waals surface area contributed by atoms with E-state index >= 15 is 0 Å². The summed E-state index contributed by atoms with van der Waals surface area (Å²) in [4.78, 5) is 0. The van der Waals surface area contributed by atoms with Gasteiger partial charge in [0.25, 0.3) is 0 Å². The zero-order chi connectivity index (χ0) is 33.0. The van der Waals surface area contributed by atoms with Crippen LogP contribution in [0, 0.1) is 0 Å². The summed E-state index contributed by atoms with van der Waals surface area (Å²) >= 11 is 0. The van der Waals surface area contributed by atoms with E-state index in [0.717, 1.165) is 0 Å². The Morgan fingerprint density at radius 2 is 0.349 bits per heavy atom. The van der Waals surface area contributed by atoms with Crippen LogP contribution < -0.4 is 40.9 Å². The number of hydrogen-bond donors (Lipinski definition) is 0. The molecule has 0 aromatic carbocycles. The van der Waals surface area contributed by atoms with Gasteiger partial charge in [0.05, 0.1) is 0 Å². The van der Waals surface area contributed by atoms with Gasteiger partial charge in [0.2, 0.25) is 0 Å². The summed E-state index contributed by atoms with van der Waals surface area (Å²) in [5.41, 5.74) is 0. The molecule has 0 bridgehead atoms. The van der Waals surface area contributed by atoms with Gasteiger partial charge in [-0.3, -0.25) is 0 Å². The van der Waals surface area contributed by atoms with Crippen molar-refractivity contribution in [2.45, 2.75) is 0 Å². The van der Waals surface area contributed by atoms with Crippen LogP contribution in [0.15, 0.2) is 0 Å². The molecule has 0 fully saturated rings. The predicted molar refractivity (Wildman–Crippen MR) is 145 cm³/mol. The maximum atomic E-state index is 9.40. The van der Waals surface area contributed by atoms with E-state index in [4.69, 9.17) is 0 Å². The monoisotopic (exact) mass is 874 g/mol. The molecule has 0 aliphatic rings. The molecule has 16 nitrogen and oxygen atoms in total. The summed E-state index contributed by atoms with van der Waals surface area (Å²) in [7, 11) is 12.1. The molecule has 0 aliphatic heterocycles. The van der Waals surface area contributed by atoms with E-state index in [1.807, 2.05) is 0 Å².